The van der Waals surface area contributed by atoms with Gasteiger partial charge in [0.15, 0.2) is 5.17 Å². The lowest BCUT2D eigenvalue weighted by Crippen LogP contribution is -2.23. The van der Waals surface area contributed by atoms with Crippen molar-refractivity contribution in [3.63, 3.8) is 0 Å². The van der Waals surface area contributed by atoms with E-state index in [0.29, 0.717) is 15.2 Å². The van der Waals surface area contributed by atoms with Gasteiger partial charge in [0.25, 0.3) is 5.91 Å². The van der Waals surface area contributed by atoms with E-state index < -0.39 is 0 Å². The highest BCUT2D eigenvalue weighted by Crippen LogP contribution is 2.33. The van der Waals surface area contributed by atoms with Crippen molar-refractivity contribution >= 4 is 45.4 Å². The minimum atomic E-state index is -0.307. The highest BCUT2D eigenvalue weighted by molar-refractivity contribution is 8.18. The Labute approximate surface area is 134 Å². The molecule has 22 heavy (non-hydrogen) atoms. The van der Waals surface area contributed by atoms with Crippen molar-refractivity contribution in [1.29, 1.82) is 0 Å². The quantitative estimate of drug-likeness (QED) is 0.791. The topological polar surface area (TPSA) is 58.5 Å². The van der Waals surface area contributed by atoms with E-state index in [9.17, 15) is 9.18 Å². The molecule has 1 aromatic heterocycles. The Balaban J connectivity index is 1.88. The molecule has 0 aliphatic carbocycles. The average molecular weight is 334 g/mol. The van der Waals surface area contributed by atoms with Crippen molar-refractivity contribution < 1.29 is 9.18 Å². The number of rotatable bonds is 2. The third-order valence-electron chi connectivity index (χ3n) is 2.88. The molecule has 0 bridgehead atoms. The molecule has 112 valence electrons. The summed E-state index contributed by atoms with van der Waals surface area (Å²) in [5.41, 5.74) is 0.763. The van der Waals surface area contributed by atoms with Crippen LogP contribution in [0.4, 0.5) is 9.52 Å². The zero-order chi connectivity index (χ0) is 15.7. The lowest BCUT2D eigenvalue weighted by molar-refractivity contribution is -0.121. The summed E-state index contributed by atoms with van der Waals surface area (Å²) in [5, 5.41) is 9.71. The molecule has 2 aromatic rings. The summed E-state index contributed by atoms with van der Waals surface area (Å²) >= 11 is 2.63. The van der Waals surface area contributed by atoms with Crippen LogP contribution in [0.25, 0.3) is 6.08 Å². The molecule has 1 saturated heterocycles. The Bertz CT molecular complexity index is 782. The molecule has 5 nitrogen and oxygen atoms in total. The van der Waals surface area contributed by atoms with Gasteiger partial charge in [-0.15, -0.1) is 10.2 Å². The number of aromatic nitrogens is 2. The summed E-state index contributed by atoms with van der Waals surface area (Å²) in [6.07, 6.45) is 1.72. The molecule has 1 aliphatic heterocycles. The van der Waals surface area contributed by atoms with E-state index in [-0.39, 0.29) is 11.7 Å². The number of thioether (sulfide) groups is 1. The molecule has 1 aliphatic rings. The highest BCUT2D eigenvalue weighted by atomic mass is 32.2. The predicted molar refractivity (Wildman–Crippen MR) is 86.5 cm³/mol. The number of likely N-dealkylation sites (N-methyl/N-ethyl adjacent to an activating group) is 1. The first-order valence-corrected chi connectivity index (χ1v) is 7.98. The van der Waals surface area contributed by atoms with E-state index in [4.69, 9.17) is 0 Å². The second-order valence-corrected chi connectivity index (χ2v) is 6.69. The lowest BCUT2D eigenvalue weighted by atomic mass is 10.2. The third kappa shape index (κ3) is 3.07. The summed E-state index contributed by atoms with van der Waals surface area (Å²) in [5.74, 6) is -0.451. The normalized spacial score (nSPS) is 18.7. The number of aryl methyl sites for hydroxylation is 1. The molecular weight excluding hydrogens is 323 g/mol. The molecule has 8 heteroatoms. The summed E-state index contributed by atoms with van der Waals surface area (Å²) in [6.45, 7) is 1.85. The van der Waals surface area contributed by atoms with Crippen LogP contribution in [-0.2, 0) is 4.79 Å². The Hall–Kier alpha value is -2.06. The van der Waals surface area contributed by atoms with Gasteiger partial charge in [-0.2, -0.15) is 4.99 Å². The first-order valence-electron chi connectivity index (χ1n) is 6.35. The van der Waals surface area contributed by atoms with Gasteiger partial charge < -0.3 is 0 Å². The van der Waals surface area contributed by atoms with E-state index in [2.05, 4.69) is 15.2 Å². The number of nitrogens with zero attached hydrogens (tertiary/aromatic N) is 4. The van der Waals surface area contributed by atoms with Crippen molar-refractivity contribution in [3.05, 3.63) is 45.6 Å². The largest absolute Gasteiger partial charge is 0.289 e. The van der Waals surface area contributed by atoms with E-state index in [0.717, 1.165) is 10.6 Å². The van der Waals surface area contributed by atoms with Crippen LogP contribution in [0.5, 0.6) is 0 Å². The predicted octanol–water partition coefficient (Wildman–Crippen LogP) is 3.22. The van der Waals surface area contributed by atoms with Gasteiger partial charge in [0.2, 0.25) is 5.13 Å². The minimum Gasteiger partial charge on any atom is -0.289 e. The zero-order valence-corrected chi connectivity index (χ0v) is 13.4. The number of carbonyl (C=O) groups is 1. The maximum Gasteiger partial charge on any atom is 0.266 e. The molecule has 3 rings (SSSR count). The van der Waals surface area contributed by atoms with Crippen molar-refractivity contribution in [2.45, 2.75) is 6.92 Å². The summed E-state index contributed by atoms with van der Waals surface area (Å²) in [7, 11) is 1.66. The first-order chi connectivity index (χ1) is 10.5. The molecule has 1 amide bonds. The van der Waals surface area contributed by atoms with Gasteiger partial charge in [0, 0.05) is 7.05 Å². The van der Waals surface area contributed by atoms with Crippen LogP contribution in [0, 0.1) is 12.7 Å². The van der Waals surface area contributed by atoms with Gasteiger partial charge in [-0.1, -0.05) is 23.5 Å². The molecule has 0 radical (unpaired) electrons. The SMILES string of the molecule is Cc1nnc(/N=C2/S/C(=C\c3ccc(F)cc3)C(=O)N2C)s1. The first kappa shape index (κ1) is 14.9. The molecule has 0 saturated carbocycles. The van der Waals surface area contributed by atoms with Crippen LogP contribution in [0.1, 0.15) is 10.6 Å². The third-order valence-corrected chi connectivity index (χ3v) is 4.67. The average Bonchev–Trinajstić information content (AvgIpc) is 3.01. The van der Waals surface area contributed by atoms with Gasteiger partial charge in [0.1, 0.15) is 10.8 Å². The molecule has 2 heterocycles. The number of hydrogen-bond donors (Lipinski definition) is 0. The van der Waals surface area contributed by atoms with E-state index in [1.807, 2.05) is 6.92 Å². The fourth-order valence-electron chi connectivity index (χ4n) is 1.78. The van der Waals surface area contributed by atoms with E-state index in [1.54, 1.807) is 25.3 Å². The number of carbonyl (C=O) groups excluding carboxylic acids is 1. The minimum absolute atomic E-state index is 0.144. The van der Waals surface area contributed by atoms with Gasteiger partial charge >= 0.3 is 0 Å². The maximum atomic E-state index is 12.9. The Morgan fingerprint density at radius 3 is 2.64 bits per heavy atom. The van der Waals surface area contributed by atoms with Crippen molar-refractivity contribution in [2.75, 3.05) is 7.05 Å². The highest BCUT2D eigenvalue weighted by Gasteiger charge is 2.30. The van der Waals surface area contributed by atoms with Gasteiger partial charge in [0.05, 0.1) is 4.91 Å². The standard InChI is InChI=1S/C14H11FN4OS2/c1-8-17-18-13(21-8)16-14-19(2)12(20)11(22-14)7-9-3-5-10(15)6-4-9/h3-7H,1-2H3/b11-7-,16-14+. The van der Waals surface area contributed by atoms with Gasteiger partial charge in [-0.3, -0.25) is 9.69 Å². The number of hydrogen-bond acceptors (Lipinski definition) is 6. The second-order valence-electron chi connectivity index (χ2n) is 4.52. The monoisotopic (exact) mass is 334 g/mol. The Morgan fingerprint density at radius 1 is 1.27 bits per heavy atom. The Morgan fingerprint density at radius 2 is 2.00 bits per heavy atom. The van der Waals surface area contributed by atoms with Crippen LogP contribution in [-0.4, -0.2) is 33.2 Å². The summed E-state index contributed by atoms with van der Waals surface area (Å²) in [6, 6.07) is 5.97. The number of aliphatic imine (C=N–C) groups is 1. The smallest absolute Gasteiger partial charge is 0.266 e. The molecule has 0 unspecified atom stereocenters. The molecule has 0 N–H and O–H groups in total. The van der Waals surface area contributed by atoms with Crippen LogP contribution >= 0.6 is 23.1 Å². The summed E-state index contributed by atoms with van der Waals surface area (Å²) < 4.78 is 12.9. The molecular formula is C14H11FN4OS2. The number of benzene rings is 1. The van der Waals surface area contributed by atoms with Crippen molar-refractivity contribution in [1.82, 2.24) is 15.1 Å². The maximum absolute atomic E-state index is 12.9. The van der Waals surface area contributed by atoms with Crippen LogP contribution in [0.3, 0.4) is 0 Å². The number of amidine groups is 1. The molecule has 1 aromatic carbocycles. The van der Waals surface area contributed by atoms with Crippen molar-refractivity contribution in [3.8, 4) is 0 Å². The van der Waals surface area contributed by atoms with Gasteiger partial charge in [-0.05, 0) is 42.5 Å². The number of halogens is 1. The second kappa shape index (κ2) is 5.98. The zero-order valence-electron chi connectivity index (χ0n) is 11.8. The molecule has 0 spiro atoms. The van der Waals surface area contributed by atoms with E-state index in [1.165, 1.54) is 40.1 Å². The van der Waals surface area contributed by atoms with Crippen LogP contribution < -0.4 is 0 Å². The molecule has 0 atom stereocenters. The van der Waals surface area contributed by atoms with E-state index >= 15 is 0 Å². The molecule has 1 fully saturated rings. The fraction of sp³-hybridized carbons (Fsp3) is 0.143. The van der Waals surface area contributed by atoms with Crippen molar-refractivity contribution in [2.24, 2.45) is 4.99 Å². The van der Waals surface area contributed by atoms with Crippen LogP contribution in [0.15, 0.2) is 34.2 Å². The van der Waals surface area contributed by atoms with Gasteiger partial charge in [-0.25, -0.2) is 4.39 Å². The summed E-state index contributed by atoms with van der Waals surface area (Å²) in [4.78, 5) is 18.6. The fourth-order valence-corrected chi connectivity index (χ4v) is 3.36. The lowest BCUT2D eigenvalue weighted by Gasteiger charge is -2.05. The Kier molecular flexibility index (Phi) is 4.04. The van der Waals surface area contributed by atoms with Crippen LogP contribution in [0.2, 0.25) is 0 Å². The number of amides is 1.